The molecule has 1 atom stereocenters. The molecule has 0 fully saturated rings. The Balaban J connectivity index is 2.80. The minimum Gasteiger partial charge on any atom is -0.288 e. The van der Waals surface area contributed by atoms with Gasteiger partial charge >= 0.3 is 0 Å². The Labute approximate surface area is 97.3 Å². The van der Waals surface area contributed by atoms with Gasteiger partial charge < -0.3 is 0 Å². The zero-order valence-electron chi connectivity index (χ0n) is 9.53. The first-order valence-electron chi connectivity index (χ1n) is 5.40. The number of nitriles is 1. The molecule has 2 heteroatoms. The highest BCUT2D eigenvalue weighted by molar-refractivity contribution is 5.22. The molecule has 0 saturated carbocycles. The van der Waals surface area contributed by atoms with Crippen LogP contribution >= 0.6 is 0 Å². The Morgan fingerprint density at radius 1 is 1.38 bits per heavy atom. The molecule has 1 aromatic rings. The molecule has 16 heavy (non-hydrogen) atoms. The van der Waals surface area contributed by atoms with Crippen molar-refractivity contribution < 1.29 is 0 Å². The lowest BCUT2D eigenvalue weighted by atomic mass is 9.89. The average Bonchev–Trinajstić information content (AvgIpc) is 2.36. The molecule has 0 amide bonds. The van der Waals surface area contributed by atoms with Gasteiger partial charge in [0.25, 0.3) is 0 Å². The maximum atomic E-state index is 9.28. The minimum atomic E-state index is -0.548. The van der Waals surface area contributed by atoms with E-state index in [9.17, 15) is 5.26 Å². The quantitative estimate of drug-likeness (QED) is 0.759. The molecule has 0 heterocycles. The van der Waals surface area contributed by atoms with Crippen molar-refractivity contribution in [2.45, 2.75) is 25.3 Å². The number of nitrogens with one attached hydrogen (secondary N) is 1. The molecule has 1 aromatic carbocycles. The van der Waals surface area contributed by atoms with Crippen LogP contribution < -0.4 is 5.32 Å². The predicted molar refractivity (Wildman–Crippen MR) is 65.6 cm³/mol. The summed E-state index contributed by atoms with van der Waals surface area (Å²) in [5.74, 6) is 2.52. The lowest BCUT2D eigenvalue weighted by Gasteiger charge is -2.25. The van der Waals surface area contributed by atoms with Crippen LogP contribution in [0.25, 0.3) is 0 Å². The molecule has 0 aliphatic rings. The van der Waals surface area contributed by atoms with Gasteiger partial charge in [0, 0.05) is 6.42 Å². The third-order valence-electron chi connectivity index (χ3n) is 2.70. The van der Waals surface area contributed by atoms with Gasteiger partial charge in [0.2, 0.25) is 0 Å². The van der Waals surface area contributed by atoms with Gasteiger partial charge in [-0.15, -0.1) is 6.42 Å². The SMILES string of the molecule is C#CCNC(C#N)(CC)Cc1ccccc1. The van der Waals surface area contributed by atoms with Gasteiger partial charge in [0.05, 0.1) is 12.6 Å². The molecule has 0 bridgehead atoms. The van der Waals surface area contributed by atoms with E-state index in [1.54, 1.807) is 0 Å². The molecule has 2 nitrogen and oxygen atoms in total. The van der Waals surface area contributed by atoms with Crippen LogP contribution in [0.4, 0.5) is 0 Å². The molecule has 0 aliphatic carbocycles. The van der Waals surface area contributed by atoms with Gasteiger partial charge in [-0.2, -0.15) is 5.26 Å². The van der Waals surface area contributed by atoms with E-state index in [0.717, 1.165) is 12.0 Å². The fourth-order valence-electron chi connectivity index (χ4n) is 1.64. The molecule has 0 aliphatic heterocycles. The van der Waals surface area contributed by atoms with Crippen molar-refractivity contribution in [1.82, 2.24) is 5.32 Å². The van der Waals surface area contributed by atoms with Crippen molar-refractivity contribution in [3.8, 4) is 18.4 Å². The smallest absolute Gasteiger partial charge is 0.111 e. The summed E-state index contributed by atoms with van der Waals surface area (Å²) in [6.45, 7) is 2.42. The molecule has 1 unspecified atom stereocenters. The summed E-state index contributed by atoms with van der Waals surface area (Å²) in [7, 11) is 0. The van der Waals surface area contributed by atoms with Crippen LogP contribution in [0.15, 0.2) is 30.3 Å². The highest BCUT2D eigenvalue weighted by Gasteiger charge is 2.26. The number of terminal acetylenes is 1. The lowest BCUT2D eigenvalue weighted by Crippen LogP contribution is -2.45. The molecule has 0 saturated heterocycles. The van der Waals surface area contributed by atoms with Gasteiger partial charge in [-0.1, -0.05) is 43.2 Å². The van der Waals surface area contributed by atoms with E-state index in [0.29, 0.717) is 13.0 Å². The van der Waals surface area contributed by atoms with Crippen LogP contribution in [0, 0.1) is 23.7 Å². The van der Waals surface area contributed by atoms with E-state index in [4.69, 9.17) is 6.42 Å². The maximum absolute atomic E-state index is 9.28. The summed E-state index contributed by atoms with van der Waals surface area (Å²) in [4.78, 5) is 0. The summed E-state index contributed by atoms with van der Waals surface area (Å²) in [5.41, 5.74) is 0.601. The second kappa shape index (κ2) is 5.95. The normalized spacial score (nSPS) is 13.4. The van der Waals surface area contributed by atoms with E-state index in [-0.39, 0.29) is 0 Å². The van der Waals surface area contributed by atoms with Crippen molar-refractivity contribution in [1.29, 1.82) is 5.26 Å². The largest absolute Gasteiger partial charge is 0.288 e. The Kier molecular flexibility index (Phi) is 4.58. The van der Waals surface area contributed by atoms with Gasteiger partial charge in [0.15, 0.2) is 0 Å². The van der Waals surface area contributed by atoms with E-state index >= 15 is 0 Å². The fourth-order valence-corrected chi connectivity index (χ4v) is 1.64. The maximum Gasteiger partial charge on any atom is 0.111 e. The van der Waals surface area contributed by atoms with Crippen LogP contribution in [0.5, 0.6) is 0 Å². The van der Waals surface area contributed by atoms with Crippen molar-refractivity contribution in [3.63, 3.8) is 0 Å². The van der Waals surface area contributed by atoms with E-state index in [2.05, 4.69) is 17.3 Å². The van der Waals surface area contributed by atoms with E-state index in [1.807, 2.05) is 37.3 Å². The summed E-state index contributed by atoms with van der Waals surface area (Å²) in [5, 5.41) is 12.4. The topological polar surface area (TPSA) is 35.8 Å². The Hall–Kier alpha value is -1.77. The second-order valence-corrected chi connectivity index (χ2v) is 3.77. The Bertz CT molecular complexity index is 397. The molecular weight excluding hydrogens is 196 g/mol. The van der Waals surface area contributed by atoms with Crippen LogP contribution in [0.1, 0.15) is 18.9 Å². The summed E-state index contributed by atoms with van der Waals surface area (Å²) < 4.78 is 0. The number of rotatable bonds is 5. The zero-order valence-corrected chi connectivity index (χ0v) is 9.53. The van der Waals surface area contributed by atoms with Crippen LogP contribution in [-0.4, -0.2) is 12.1 Å². The van der Waals surface area contributed by atoms with Crippen molar-refractivity contribution in [2.24, 2.45) is 0 Å². The third kappa shape index (κ3) is 3.12. The second-order valence-electron chi connectivity index (χ2n) is 3.77. The predicted octanol–water partition coefficient (Wildman–Crippen LogP) is 2.12. The first kappa shape index (κ1) is 12.3. The first-order valence-corrected chi connectivity index (χ1v) is 5.40. The van der Waals surface area contributed by atoms with Crippen molar-refractivity contribution >= 4 is 0 Å². The van der Waals surface area contributed by atoms with Crippen molar-refractivity contribution in [2.75, 3.05) is 6.54 Å². The number of hydrogen-bond donors (Lipinski definition) is 1. The van der Waals surface area contributed by atoms with Gasteiger partial charge in [-0.3, -0.25) is 5.32 Å². The Morgan fingerprint density at radius 3 is 2.56 bits per heavy atom. The molecule has 82 valence electrons. The molecule has 1 N–H and O–H groups in total. The summed E-state index contributed by atoms with van der Waals surface area (Å²) in [6.07, 6.45) is 6.64. The van der Waals surface area contributed by atoms with Gasteiger partial charge in [-0.25, -0.2) is 0 Å². The monoisotopic (exact) mass is 212 g/mol. The fraction of sp³-hybridized carbons (Fsp3) is 0.357. The molecule has 0 radical (unpaired) electrons. The lowest BCUT2D eigenvalue weighted by molar-refractivity contribution is 0.417. The van der Waals surface area contributed by atoms with Gasteiger partial charge in [-0.05, 0) is 12.0 Å². The zero-order chi connectivity index (χ0) is 11.9. The third-order valence-corrected chi connectivity index (χ3v) is 2.70. The highest BCUT2D eigenvalue weighted by Crippen LogP contribution is 2.16. The average molecular weight is 212 g/mol. The molecule has 1 rings (SSSR count). The van der Waals surface area contributed by atoms with Crippen molar-refractivity contribution in [3.05, 3.63) is 35.9 Å². The summed E-state index contributed by atoms with van der Waals surface area (Å²) >= 11 is 0. The standard InChI is InChI=1S/C14H16N2/c1-3-10-16-14(4-2,12-15)11-13-8-6-5-7-9-13/h1,5-9,16H,4,10-11H2,2H3. The van der Waals surface area contributed by atoms with E-state index < -0.39 is 5.54 Å². The number of nitrogens with zero attached hydrogens (tertiary/aromatic N) is 1. The Morgan fingerprint density at radius 2 is 2.06 bits per heavy atom. The van der Waals surface area contributed by atoms with Crippen LogP contribution in [-0.2, 0) is 6.42 Å². The van der Waals surface area contributed by atoms with Gasteiger partial charge in [0.1, 0.15) is 5.54 Å². The molecule has 0 spiro atoms. The van der Waals surface area contributed by atoms with E-state index in [1.165, 1.54) is 0 Å². The van der Waals surface area contributed by atoms with Crippen LogP contribution in [0.2, 0.25) is 0 Å². The highest BCUT2D eigenvalue weighted by atomic mass is 15.0. The number of hydrogen-bond acceptors (Lipinski definition) is 2. The molecule has 0 aromatic heterocycles. The molecular formula is C14H16N2. The van der Waals surface area contributed by atoms with Crippen LogP contribution in [0.3, 0.4) is 0 Å². The first-order chi connectivity index (χ1) is 7.76. The summed E-state index contributed by atoms with van der Waals surface area (Å²) in [6, 6.07) is 12.3. The minimum absolute atomic E-state index is 0.425. The number of benzene rings is 1.